The van der Waals surface area contributed by atoms with Gasteiger partial charge in [-0.2, -0.15) is 5.26 Å². The summed E-state index contributed by atoms with van der Waals surface area (Å²) < 4.78 is 17.6. The van der Waals surface area contributed by atoms with Crippen LogP contribution >= 0.6 is 22.6 Å². The van der Waals surface area contributed by atoms with Gasteiger partial charge in [-0.1, -0.05) is 12.7 Å². The summed E-state index contributed by atoms with van der Waals surface area (Å²) in [6, 6.07) is 5.95. The number of nitrogens with zero attached hydrogens (tertiary/aromatic N) is 2. The first-order valence-corrected chi connectivity index (χ1v) is 8.83. The fourth-order valence-electron chi connectivity index (χ4n) is 2.92. The third-order valence-electron chi connectivity index (χ3n) is 4.06. The molecule has 26 heavy (non-hydrogen) atoms. The van der Waals surface area contributed by atoms with E-state index in [1.54, 1.807) is 13.2 Å². The Morgan fingerprint density at radius 3 is 2.96 bits per heavy atom. The van der Waals surface area contributed by atoms with E-state index in [0.29, 0.717) is 29.6 Å². The Hall–Kier alpha value is -2.67. The maximum absolute atomic E-state index is 9.65. The number of methoxy groups -OCH3 is 1. The van der Waals surface area contributed by atoms with Gasteiger partial charge in [-0.3, -0.25) is 5.10 Å². The van der Waals surface area contributed by atoms with Crippen molar-refractivity contribution >= 4 is 22.6 Å². The lowest BCUT2D eigenvalue weighted by atomic mass is 9.84. The third-order valence-corrected chi connectivity index (χ3v) is 4.86. The Morgan fingerprint density at radius 2 is 2.31 bits per heavy atom. The molecule has 1 atom stereocenters. The summed E-state index contributed by atoms with van der Waals surface area (Å²) in [5.74, 6) is 1.22. The zero-order valence-corrected chi connectivity index (χ0v) is 16.5. The van der Waals surface area contributed by atoms with Gasteiger partial charge in [0.25, 0.3) is 0 Å². The highest BCUT2D eigenvalue weighted by Crippen LogP contribution is 2.45. The lowest BCUT2D eigenvalue weighted by Crippen LogP contribution is -2.21. The Bertz CT molecular complexity index is 943. The number of ether oxygens (including phenoxy) is 3. The van der Waals surface area contributed by atoms with E-state index in [9.17, 15) is 5.26 Å². The standard InChI is InChI=1S/C18H17IN4O3/c1-4-5-25-16-12(19)6-10(7-13(16)24-3)15-11(8-20)17(21)26-18-14(15)9(2)22-23-18/h4,6-7,15H,1,5,21H2,2-3H3,(H,22,23)/t15-/m0/s1. The number of aromatic nitrogens is 2. The number of hydrogen-bond donors (Lipinski definition) is 2. The second-order valence-corrected chi connectivity index (χ2v) is 6.79. The number of allylic oxidation sites excluding steroid dienone is 1. The van der Waals surface area contributed by atoms with Gasteiger partial charge >= 0.3 is 0 Å². The number of halogens is 1. The highest BCUT2D eigenvalue weighted by atomic mass is 127. The molecule has 2 aromatic rings. The fourth-order valence-corrected chi connectivity index (χ4v) is 3.70. The van der Waals surface area contributed by atoms with E-state index in [4.69, 9.17) is 19.9 Å². The molecule has 1 aromatic heterocycles. The van der Waals surface area contributed by atoms with Crippen molar-refractivity contribution in [3.05, 3.63) is 56.6 Å². The molecule has 2 heterocycles. The summed E-state index contributed by atoms with van der Waals surface area (Å²) in [6.07, 6.45) is 1.67. The van der Waals surface area contributed by atoms with E-state index in [2.05, 4.69) is 45.4 Å². The van der Waals surface area contributed by atoms with Crippen LogP contribution in [0, 0.1) is 21.8 Å². The van der Waals surface area contributed by atoms with Crippen molar-refractivity contribution < 1.29 is 14.2 Å². The summed E-state index contributed by atoms with van der Waals surface area (Å²) in [7, 11) is 1.57. The quantitative estimate of drug-likeness (QED) is 0.521. The van der Waals surface area contributed by atoms with Crippen molar-refractivity contribution in [3.8, 4) is 23.4 Å². The summed E-state index contributed by atoms with van der Waals surface area (Å²) in [6.45, 7) is 5.90. The Labute approximate surface area is 164 Å². The van der Waals surface area contributed by atoms with Gasteiger partial charge in [0, 0.05) is 11.3 Å². The van der Waals surface area contributed by atoms with Crippen LogP contribution in [0.1, 0.15) is 22.7 Å². The monoisotopic (exact) mass is 464 g/mol. The van der Waals surface area contributed by atoms with E-state index >= 15 is 0 Å². The second kappa shape index (κ2) is 7.29. The van der Waals surface area contributed by atoms with E-state index in [0.717, 1.165) is 20.4 Å². The van der Waals surface area contributed by atoms with Gasteiger partial charge in [0.2, 0.25) is 11.8 Å². The minimum absolute atomic E-state index is 0.0532. The van der Waals surface area contributed by atoms with Gasteiger partial charge in [0.15, 0.2) is 11.5 Å². The number of hydrogen-bond acceptors (Lipinski definition) is 6. The number of nitrogens with one attached hydrogen (secondary N) is 1. The molecular formula is C18H17IN4O3. The summed E-state index contributed by atoms with van der Waals surface area (Å²) in [5, 5.41) is 16.7. The largest absolute Gasteiger partial charge is 0.493 e. The van der Waals surface area contributed by atoms with E-state index in [1.165, 1.54) is 0 Å². The van der Waals surface area contributed by atoms with Crippen molar-refractivity contribution in [2.45, 2.75) is 12.8 Å². The average Bonchev–Trinajstić information content (AvgIpc) is 2.99. The van der Waals surface area contributed by atoms with E-state index < -0.39 is 5.92 Å². The van der Waals surface area contributed by atoms with Gasteiger partial charge in [-0.25, -0.2) is 0 Å². The lowest BCUT2D eigenvalue weighted by Gasteiger charge is -2.24. The highest BCUT2D eigenvalue weighted by molar-refractivity contribution is 14.1. The zero-order chi connectivity index (χ0) is 18.8. The summed E-state index contributed by atoms with van der Waals surface area (Å²) >= 11 is 2.18. The number of fused-ring (bicyclic) bond motifs is 1. The van der Waals surface area contributed by atoms with Gasteiger partial charge < -0.3 is 19.9 Å². The van der Waals surface area contributed by atoms with Crippen LogP contribution in [0.15, 0.2) is 36.2 Å². The van der Waals surface area contributed by atoms with E-state index in [-0.39, 0.29) is 5.88 Å². The first-order chi connectivity index (χ1) is 12.5. The van der Waals surface area contributed by atoms with Gasteiger partial charge in [-0.05, 0) is 47.2 Å². The Kier molecular flexibility index (Phi) is 5.08. The number of rotatable bonds is 5. The average molecular weight is 464 g/mol. The topological polar surface area (TPSA) is 106 Å². The normalized spacial score (nSPS) is 15.7. The molecule has 0 radical (unpaired) electrons. The smallest absolute Gasteiger partial charge is 0.244 e. The molecule has 0 fully saturated rings. The summed E-state index contributed by atoms with van der Waals surface area (Å²) in [5.41, 5.74) is 8.73. The number of benzene rings is 1. The van der Waals surface area contributed by atoms with Crippen molar-refractivity contribution in [2.24, 2.45) is 5.73 Å². The molecule has 0 unspecified atom stereocenters. The molecule has 1 aromatic carbocycles. The minimum atomic E-state index is -0.404. The molecule has 1 aliphatic rings. The zero-order valence-electron chi connectivity index (χ0n) is 14.3. The molecule has 8 heteroatoms. The first-order valence-electron chi connectivity index (χ1n) is 7.75. The van der Waals surface area contributed by atoms with Crippen LogP contribution in [0.4, 0.5) is 0 Å². The number of aryl methyl sites for hydroxylation is 1. The maximum Gasteiger partial charge on any atom is 0.244 e. The SMILES string of the molecule is C=CCOc1c(I)cc([C@H]2C(C#N)=C(N)Oc3n[nH]c(C)c32)cc1OC. The highest BCUT2D eigenvalue weighted by Gasteiger charge is 2.35. The Morgan fingerprint density at radius 1 is 1.54 bits per heavy atom. The van der Waals surface area contributed by atoms with Crippen LogP contribution in [0.3, 0.4) is 0 Å². The van der Waals surface area contributed by atoms with Gasteiger partial charge in [0.1, 0.15) is 18.2 Å². The second-order valence-electron chi connectivity index (χ2n) is 5.63. The molecule has 7 nitrogen and oxygen atoms in total. The predicted molar refractivity (Wildman–Crippen MR) is 104 cm³/mol. The van der Waals surface area contributed by atoms with Crippen LogP contribution in [-0.4, -0.2) is 23.9 Å². The molecule has 0 aliphatic carbocycles. The molecular weight excluding hydrogens is 447 g/mol. The van der Waals surface area contributed by atoms with Crippen LogP contribution in [0.5, 0.6) is 17.4 Å². The molecule has 0 amide bonds. The van der Waals surface area contributed by atoms with Crippen molar-refractivity contribution in [3.63, 3.8) is 0 Å². The molecule has 3 rings (SSSR count). The molecule has 0 bridgehead atoms. The number of nitrogens with two attached hydrogens (primary N) is 1. The first kappa shape index (κ1) is 18.1. The molecule has 0 saturated heterocycles. The van der Waals surface area contributed by atoms with Crippen LogP contribution in [0.2, 0.25) is 0 Å². The fraction of sp³-hybridized carbons (Fsp3) is 0.222. The van der Waals surface area contributed by atoms with Crippen molar-refractivity contribution in [1.29, 1.82) is 5.26 Å². The lowest BCUT2D eigenvalue weighted by molar-refractivity contribution is 0.323. The van der Waals surface area contributed by atoms with Crippen molar-refractivity contribution in [1.82, 2.24) is 10.2 Å². The van der Waals surface area contributed by atoms with Gasteiger partial charge in [0.05, 0.1) is 16.6 Å². The van der Waals surface area contributed by atoms with E-state index in [1.807, 2.05) is 19.1 Å². The number of nitriles is 1. The predicted octanol–water partition coefficient (Wildman–Crippen LogP) is 3.11. The summed E-state index contributed by atoms with van der Waals surface area (Å²) in [4.78, 5) is 0. The molecule has 0 saturated carbocycles. The van der Waals surface area contributed by atoms with Crippen LogP contribution < -0.4 is 19.9 Å². The van der Waals surface area contributed by atoms with Crippen LogP contribution in [0.25, 0.3) is 0 Å². The minimum Gasteiger partial charge on any atom is -0.493 e. The molecule has 1 aliphatic heterocycles. The molecule has 134 valence electrons. The maximum atomic E-state index is 9.65. The van der Waals surface area contributed by atoms with Crippen molar-refractivity contribution in [2.75, 3.05) is 13.7 Å². The van der Waals surface area contributed by atoms with Gasteiger partial charge in [-0.15, -0.1) is 5.10 Å². The van der Waals surface area contributed by atoms with Crippen LogP contribution in [-0.2, 0) is 0 Å². The molecule has 3 N–H and O–H groups in total. The Balaban J connectivity index is 2.19. The number of H-pyrrole nitrogens is 1. The molecule has 0 spiro atoms. The number of aromatic amines is 1. The third kappa shape index (κ3) is 2.99.